The molecule has 0 radical (unpaired) electrons. The first-order chi connectivity index (χ1) is 21.1. The van der Waals surface area contributed by atoms with Crippen LogP contribution in [0.3, 0.4) is 0 Å². The molecule has 0 aliphatic heterocycles. The molecule has 0 heterocycles. The van der Waals surface area contributed by atoms with Gasteiger partial charge < -0.3 is 18.0 Å². The molecule has 0 aromatic heterocycles. The van der Waals surface area contributed by atoms with Gasteiger partial charge in [0, 0.05) is 12.5 Å². The summed E-state index contributed by atoms with van der Waals surface area (Å²) in [6.45, 7) is 46.2. The van der Waals surface area contributed by atoms with E-state index in [-0.39, 0.29) is 18.2 Å². The molecule has 0 saturated carbocycles. The van der Waals surface area contributed by atoms with E-state index in [1.807, 2.05) is 12.2 Å². The van der Waals surface area contributed by atoms with Gasteiger partial charge in [0.2, 0.25) is 25.0 Å². The zero-order valence-corrected chi connectivity index (χ0v) is 36.8. The molecule has 0 amide bonds. The fourth-order valence-electron chi connectivity index (χ4n) is 9.38. The Morgan fingerprint density at radius 2 is 0.891 bits per heavy atom. The molecule has 3 atom stereocenters. The lowest BCUT2D eigenvalue weighted by atomic mass is 10.0. The van der Waals surface area contributed by atoms with E-state index >= 15 is 0 Å². The SMILES string of the molecule is C=CC[C@H](C[C@H](O[Si](C(C)C)(C(C)C)C(C)C)[C@H](/C=C/C(=O)OC)O[Si](C(C)C)(C(C)C)C(C)C)O[Si](C(C)C)(C(C)C)C(C)C. The highest BCUT2D eigenvalue weighted by molar-refractivity contribution is 6.78. The lowest BCUT2D eigenvalue weighted by Crippen LogP contribution is -2.57. The van der Waals surface area contributed by atoms with E-state index in [1.165, 1.54) is 7.11 Å². The van der Waals surface area contributed by atoms with E-state index in [0.29, 0.717) is 56.3 Å². The van der Waals surface area contributed by atoms with Gasteiger partial charge in [-0.2, -0.15) is 0 Å². The molecule has 0 bridgehead atoms. The smallest absolute Gasteiger partial charge is 0.330 e. The summed E-state index contributed by atoms with van der Waals surface area (Å²) in [7, 11) is -5.54. The zero-order chi connectivity index (χ0) is 36.4. The topological polar surface area (TPSA) is 54.0 Å². The molecule has 0 unspecified atom stereocenters. The summed E-state index contributed by atoms with van der Waals surface area (Å²) < 4.78 is 27.9. The summed E-state index contributed by atoms with van der Waals surface area (Å²) >= 11 is 0. The summed E-state index contributed by atoms with van der Waals surface area (Å²) in [6.07, 6.45) is 6.19. The molecule has 0 aromatic rings. The van der Waals surface area contributed by atoms with Crippen molar-refractivity contribution in [3.8, 4) is 0 Å². The van der Waals surface area contributed by atoms with Crippen molar-refractivity contribution in [1.82, 2.24) is 0 Å². The summed E-state index contributed by atoms with van der Waals surface area (Å²) in [5.41, 5.74) is 3.73. The summed E-state index contributed by atoms with van der Waals surface area (Å²) in [5, 5.41) is 0. The Balaban J connectivity index is 7.74. The Hall–Kier alpha value is -0.519. The van der Waals surface area contributed by atoms with Crippen molar-refractivity contribution in [2.75, 3.05) is 7.11 Å². The predicted octanol–water partition coefficient (Wildman–Crippen LogP) is 12.4. The van der Waals surface area contributed by atoms with E-state index in [9.17, 15) is 4.79 Å². The minimum atomic E-state index is -2.38. The van der Waals surface area contributed by atoms with Gasteiger partial charge in [0.25, 0.3) is 0 Å². The Bertz CT molecular complexity index is 858. The molecule has 0 aliphatic rings. The van der Waals surface area contributed by atoms with Crippen LogP contribution >= 0.6 is 0 Å². The number of ether oxygens (including phenoxy) is 1. The van der Waals surface area contributed by atoms with Crippen LogP contribution in [0.1, 0.15) is 137 Å². The number of methoxy groups -OCH3 is 1. The third-order valence-corrected chi connectivity index (χ3v) is 29.5. The minimum absolute atomic E-state index is 0.0644. The van der Waals surface area contributed by atoms with E-state index in [2.05, 4.69) is 131 Å². The van der Waals surface area contributed by atoms with E-state index < -0.39 is 31.1 Å². The highest BCUT2D eigenvalue weighted by atomic mass is 28.4. The summed E-state index contributed by atoms with van der Waals surface area (Å²) in [4.78, 5) is 12.6. The van der Waals surface area contributed by atoms with Gasteiger partial charge in [-0.1, -0.05) is 131 Å². The lowest BCUT2D eigenvalue weighted by molar-refractivity contribution is -0.134. The number of rotatable bonds is 22. The molecule has 0 N–H and O–H groups in total. The number of esters is 1. The van der Waals surface area contributed by atoms with Gasteiger partial charge in [-0.25, -0.2) is 4.79 Å². The second-order valence-electron chi connectivity index (χ2n) is 16.6. The Morgan fingerprint density at radius 1 is 0.565 bits per heavy atom. The second-order valence-corrected chi connectivity index (χ2v) is 32.8. The highest BCUT2D eigenvalue weighted by Gasteiger charge is 2.52. The fraction of sp³-hybridized carbons (Fsp3) is 0.868. The van der Waals surface area contributed by atoms with Gasteiger partial charge >= 0.3 is 5.97 Å². The van der Waals surface area contributed by atoms with Crippen LogP contribution in [0.5, 0.6) is 0 Å². The van der Waals surface area contributed by atoms with Crippen LogP contribution in [0.25, 0.3) is 0 Å². The predicted molar refractivity (Wildman–Crippen MR) is 208 cm³/mol. The molecule has 0 saturated heterocycles. The van der Waals surface area contributed by atoms with Crippen LogP contribution in [0.2, 0.25) is 49.9 Å². The number of carbonyl (C=O) groups is 1. The highest BCUT2D eigenvalue weighted by Crippen LogP contribution is 2.48. The third-order valence-electron chi connectivity index (χ3n) is 11.1. The molecular weight excluding hydrogens is 621 g/mol. The van der Waals surface area contributed by atoms with Crippen LogP contribution < -0.4 is 0 Å². The van der Waals surface area contributed by atoms with Gasteiger partial charge in [0.05, 0.1) is 25.4 Å². The van der Waals surface area contributed by atoms with E-state index in [1.54, 1.807) is 6.08 Å². The van der Waals surface area contributed by atoms with Gasteiger partial charge in [0.15, 0.2) is 0 Å². The standard InChI is InChI=1S/C38H78O5Si3/c1-21-22-35(41-44(26(2)3,27(4)5)28(6)7)25-37(43-46(32(14)15,33(16)17)34(18)19)36(23-24-38(39)40-20)42-45(29(8)9,30(10)11)31(12)13/h21,23-24,26-37H,1,22,25H2,2-20H3/b24-23+/t35-,36+,37+/m1/s1. The number of hydrogen-bond donors (Lipinski definition) is 0. The molecule has 46 heavy (non-hydrogen) atoms. The Kier molecular flexibility index (Phi) is 19.4. The van der Waals surface area contributed by atoms with Crippen LogP contribution in [0, 0.1) is 0 Å². The van der Waals surface area contributed by atoms with Crippen molar-refractivity contribution in [3.63, 3.8) is 0 Å². The van der Waals surface area contributed by atoms with Crippen LogP contribution in [-0.2, 0) is 22.8 Å². The molecule has 5 nitrogen and oxygen atoms in total. The first-order valence-corrected chi connectivity index (χ1v) is 24.9. The average Bonchev–Trinajstić information content (AvgIpc) is 2.91. The third kappa shape index (κ3) is 10.5. The van der Waals surface area contributed by atoms with E-state index in [4.69, 9.17) is 18.0 Å². The monoisotopic (exact) mass is 699 g/mol. The first-order valence-electron chi connectivity index (χ1n) is 18.5. The molecule has 272 valence electrons. The Morgan fingerprint density at radius 3 is 1.20 bits per heavy atom. The van der Waals surface area contributed by atoms with Crippen molar-refractivity contribution in [2.45, 2.75) is 206 Å². The lowest BCUT2D eigenvalue weighted by Gasteiger charge is -2.50. The van der Waals surface area contributed by atoms with Crippen LogP contribution in [0.4, 0.5) is 0 Å². The summed E-state index contributed by atoms with van der Waals surface area (Å²) in [6, 6.07) is 0. The normalized spacial score (nSPS) is 16.0. The number of carbonyl (C=O) groups excluding carboxylic acids is 1. The van der Waals surface area contributed by atoms with Gasteiger partial charge in [-0.15, -0.1) is 6.58 Å². The molecular formula is C38H78O5Si3. The minimum Gasteiger partial charge on any atom is -0.466 e. The van der Waals surface area contributed by atoms with Crippen LogP contribution in [0.15, 0.2) is 24.8 Å². The zero-order valence-electron chi connectivity index (χ0n) is 33.8. The summed E-state index contributed by atoms with van der Waals surface area (Å²) in [5.74, 6) is -0.372. The second kappa shape index (κ2) is 19.6. The molecule has 0 spiro atoms. The molecule has 0 rings (SSSR count). The van der Waals surface area contributed by atoms with Crippen molar-refractivity contribution < 1.29 is 22.8 Å². The maximum atomic E-state index is 12.6. The van der Waals surface area contributed by atoms with Gasteiger partial charge in [0.1, 0.15) is 0 Å². The molecule has 0 aliphatic carbocycles. The molecule has 0 fully saturated rings. The molecule has 8 heteroatoms. The van der Waals surface area contributed by atoms with Gasteiger partial charge in [-0.05, 0) is 62.4 Å². The number of hydrogen-bond acceptors (Lipinski definition) is 5. The fourth-order valence-corrected chi connectivity index (χ4v) is 26.1. The first kappa shape index (κ1) is 45.5. The van der Waals surface area contributed by atoms with Crippen molar-refractivity contribution >= 4 is 30.9 Å². The maximum absolute atomic E-state index is 12.6. The largest absolute Gasteiger partial charge is 0.466 e. The van der Waals surface area contributed by atoms with Gasteiger partial charge in [-0.3, -0.25) is 0 Å². The average molecular weight is 699 g/mol. The molecule has 0 aromatic carbocycles. The van der Waals surface area contributed by atoms with E-state index in [0.717, 1.165) is 6.42 Å². The van der Waals surface area contributed by atoms with Crippen molar-refractivity contribution in [1.29, 1.82) is 0 Å². The van der Waals surface area contributed by atoms with Crippen molar-refractivity contribution in [3.05, 3.63) is 24.8 Å². The maximum Gasteiger partial charge on any atom is 0.330 e. The van der Waals surface area contributed by atoms with Crippen LogP contribution in [-0.4, -0.2) is 56.3 Å². The Labute approximate surface area is 290 Å². The van der Waals surface area contributed by atoms with Crippen molar-refractivity contribution in [2.24, 2.45) is 0 Å². The quantitative estimate of drug-likeness (QED) is 0.0487.